The predicted molar refractivity (Wildman–Crippen MR) is 83.7 cm³/mol. The van der Waals surface area contributed by atoms with Crippen LogP contribution in [0.5, 0.6) is 5.75 Å². The Bertz CT molecular complexity index is 550. The average molecular weight is 343 g/mol. The molecule has 0 fully saturated rings. The van der Waals surface area contributed by atoms with Crippen molar-refractivity contribution in [1.29, 1.82) is 0 Å². The molecule has 20 heavy (non-hydrogen) atoms. The maximum atomic E-state index is 12.2. The second kappa shape index (κ2) is 8.05. The van der Waals surface area contributed by atoms with Gasteiger partial charge in [0.25, 0.3) is 0 Å². The zero-order chi connectivity index (χ0) is 14.6. The molecule has 1 rings (SSSR count). The highest BCUT2D eigenvalue weighted by Gasteiger charge is 2.19. The Morgan fingerprint density at radius 3 is 2.50 bits per heavy atom. The number of methoxy groups -OCH3 is 1. The van der Waals surface area contributed by atoms with E-state index >= 15 is 0 Å². The van der Waals surface area contributed by atoms with E-state index in [4.69, 9.17) is 16.3 Å². The summed E-state index contributed by atoms with van der Waals surface area (Å²) in [4.78, 5) is 0.168. The zero-order valence-electron chi connectivity index (χ0n) is 11.9. The van der Waals surface area contributed by atoms with Crippen molar-refractivity contribution in [2.75, 3.05) is 20.7 Å². The van der Waals surface area contributed by atoms with Crippen molar-refractivity contribution >= 4 is 34.0 Å². The van der Waals surface area contributed by atoms with Crippen LogP contribution in [0.4, 0.5) is 0 Å². The van der Waals surface area contributed by atoms with Crippen molar-refractivity contribution < 1.29 is 13.2 Å². The van der Waals surface area contributed by atoms with Gasteiger partial charge in [0.15, 0.2) is 0 Å². The first-order valence-electron chi connectivity index (χ1n) is 5.83. The number of sulfonamides is 1. The van der Waals surface area contributed by atoms with Crippen LogP contribution >= 0.6 is 24.0 Å². The second-order valence-corrected chi connectivity index (χ2v) is 6.44. The zero-order valence-corrected chi connectivity index (χ0v) is 14.2. The SMILES string of the molecule is CNC(C)CNS(=O)(=O)c1cc(Cl)c(OC)cc1C.Cl. The average Bonchev–Trinajstić information content (AvgIpc) is 2.38. The minimum Gasteiger partial charge on any atom is -0.495 e. The summed E-state index contributed by atoms with van der Waals surface area (Å²) in [5.41, 5.74) is 0.589. The molecular formula is C12H20Cl2N2O3S. The first-order valence-corrected chi connectivity index (χ1v) is 7.69. The predicted octanol–water partition coefficient (Wildman–Crippen LogP) is 1.97. The Hall–Kier alpha value is -0.530. The molecule has 2 N–H and O–H groups in total. The van der Waals surface area contributed by atoms with Crippen LogP contribution in [-0.4, -0.2) is 35.2 Å². The van der Waals surface area contributed by atoms with E-state index in [1.54, 1.807) is 20.0 Å². The van der Waals surface area contributed by atoms with Crippen molar-refractivity contribution in [3.05, 3.63) is 22.7 Å². The number of rotatable bonds is 6. The Labute approximate surface area is 131 Å². The molecule has 0 aliphatic carbocycles. The van der Waals surface area contributed by atoms with Crippen LogP contribution in [0.25, 0.3) is 0 Å². The fraction of sp³-hybridized carbons (Fsp3) is 0.500. The fourth-order valence-electron chi connectivity index (χ4n) is 1.50. The molecule has 0 saturated heterocycles. The number of likely N-dealkylation sites (N-methyl/N-ethyl adjacent to an activating group) is 1. The van der Waals surface area contributed by atoms with Crippen molar-refractivity contribution in [3.8, 4) is 5.75 Å². The number of hydrogen-bond acceptors (Lipinski definition) is 4. The number of halogens is 2. The Morgan fingerprint density at radius 2 is 2.00 bits per heavy atom. The van der Waals surface area contributed by atoms with Gasteiger partial charge < -0.3 is 10.1 Å². The number of hydrogen-bond donors (Lipinski definition) is 2. The molecule has 1 aromatic carbocycles. The molecule has 8 heteroatoms. The molecule has 0 radical (unpaired) electrons. The topological polar surface area (TPSA) is 67.4 Å². The summed E-state index contributed by atoms with van der Waals surface area (Å²) in [7, 11) is -0.314. The summed E-state index contributed by atoms with van der Waals surface area (Å²) in [6.45, 7) is 3.90. The van der Waals surface area contributed by atoms with Gasteiger partial charge in [0, 0.05) is 12.6 Å². The van der Waals surface area contributed by atoms with Crippen molar-refractivity contribution in [2.24, 2.45) is 0 Å². The lowest BCUT2D eigenvalue weighted by Crippen LogP contribution is -2.37. The van der Waals surface area contributed by atoms with E-state index in [0.717, 1.165) is 0 Å². The van der Waals surface area contributed by atoms with E-state index in [-0.39, 0.29) is 28.4 Å². The van der Waals surface area contributed by atoms with Gasteiger partial charge in [0.1, 0.15) is 5.75 Å². The van der Waals surface area contributed by atoms with E-state index in [2.05, 4.69) is 10.0 Å². The molecule has 116 valence electrons. The molecule has 5 nitrogen and oxygen atoms in total. The smallest absolute Gasteiger partial charge is 0.240 e. The molecular weight excluding hydrogens is 323 g/mol. The van der Waals surface area contributed by atoms with Gasteiger partial charge in [-0.05, 0) is 38.6 Å². The minimum atomic E-state index is -3.57. The van der Waals surface area contributed by atoms with Crippen LogP contribution in [0.2, 0.25) is 5.02 Å². The maximum absolute atomic E-state index is 12.2. The second-order valence-electron chi connectivity index (χ2n) is 4.29. The molecule has 0 amide bonds. The van der Waals surface area contributed by atoms with Crippen molar-refractivity contribution in [3.63, 3.8) is 0 Å². The Kier molecular flexibility index (Phi) is 7.83. The first-order chi connectivity index (χ1) is 8.81. The van der Waals surface area contributed by atoms with E-state index in [1.807, 2.05) is 6.92 Å². The summed E-state index contributed by atoms with van der Waals surface area (Å²) in [6, 6.07) is 3.06. The van der Waals surface area contributed by atoms with Crippen LogP contribution in [0.3, 0.4) is 0 Å². The van der Waals surface area contributed by atoms with Gasteiger partial charge in [-0.2, -0.15) is 0 Å². The van der Waals surface area contributed by atoms with Gasteiger partial charge in [-0.1, -0.05) is 11.6 Å². The van der Waals surface area contributed by atoms with Gasteiger partial charge in [-0.3, -0.25) is 0 Å². The largest absolute Gasteiger partial charge is 0.495 e. The Morgan fingerprint density at radius 1 is 1.40 bits per heavy atom. The van der Waals surface area contributed by atoms with Crippen LogP contribution in [0.15, 0.2) is 17.0 Å². The monoisotopic (exact) mass is 342 g/mol. The lowest BCUT2D eigenvalue weighted by atomic mass is 10.2. The maximum Gasteiger partial charge on any atom is 0.240 e. The molecule has 0 spiro atoms. The molecule has 0 aliphatic heterocycles. The van der Waals surface area contributed by atoms with Crippen LogP contribution < -0.4 is 14.8 Å². The van der Waals surface area contributed by atoms with Gasteiger partial charge in [-0.15, -0.1) is 12.4 Å². The lowest BCUT2D eigenvalue weighted by Gasteiger charge is -2.14. The highest BCUT2D eigenvalue weighted by Crippen LogP contribution is 2.29. The highest BCUT2D eigenvalue weighted by atomic mass is 35.5. The lowest BCUT2D eigenvalue weighted by molar-refractivity contribution is 0.414. The molecule has 1 aromatic rings. The molecule has 1 unspecified atom stereocenters. The highest BCUT2D eigenvalue weighted by molar-refractivity contribution is 7.89. The van der Waals surface area contributed by atoms with Gasteiger partial charge in [0.2, 0.25) is 10.0 Å². The molecule has 0 heterocycles. The van der Waals surface area contributed by atoms with E-state index in [0.29, 0.717) is 17.9 Å². The number of nitrogens with one attached hydrogen (secondary N) is 2. The van der Waals surface area contributed by atoms with E-state index in [9.17, 15) is 8.42 Å². The fourth-order valence-corrected chi connectivity index (χ4v) is 3.18. The first kappa shape index (κ1) is 19.5. The van der Waals surface area contributed by atoms with Crippen molar-refractivity contribution in [1.82, 2.24) is 10.0 Å². The molecule has 1 atom stereocenters. The number of benzene rings is 1. The summed E-state index contributed by atoms with van der Waals surface area (Å²) in [5.74, 6) is 0.460. The van der Waals surface area contributed by atoms with Crippen LogP contribution in [0.1, 0.15) is 12.5 Å². The quantitative estimate of drug-likeness (QED) is 0.829. The Balaban J connectivity index is 0.00000361. The van der Waals surface area contributed by atoms with E-state index < -0.39 is 10.0 Å². The third-order valence-corrected chi connectivity index (χ3v) is 4.67. The number of ether oxygens (including phenoxy) is 1. The third-order valence-electron chi connectivity index (χ3n) is 2.81. The standard InChI is InChI=1S/C12H19ClN2O3S.ClH/c1-8-5-11(18-4)10(13)6-12(8)19(16,17)15-7-9(2)14-3;/h5-6,9,14-15H,7H2,1-4H3;1H. The van der Waals surface area contributed by atoms with Gasteiger partial charge in [-0.25, -0.2) is 13.1 Å². The molecule has 0 bridgehead atoms. The third kappa shape index (κ3) is 4.79. The summed E-state index contributed by atoms with van der Waals surface area (Å²) < 4.78 is 32.0. The van der Waals surface area contributed by atoms with Gasteiger partial charge in [0.05, 0.1) is 17.0 Å². The summed E-state index contributed by atoms with van der Waals surface area (Å²) in [6.07, 6.45) is 0. The van der Waals surface area contributed by atoms with Crippen LogP contribution in [0, 0.1) is 6.92 Å². The molecule has 0 aliphatic rings. The van der Waals surface area contributed by atoms with Crippen LogP contribution in [-0.2, 0) is 10.0 Å². The van der Waals surface area contributed by atoms with E-state index in [1.165, 1.54) is 13.2 Å². The molecule has 0 saturated carbocycles. The summed E-state index contributed by atoms with van der Waals surface area (Å²) in [5, 5.41) is 3.23. The van der Waals surface area contributed by atoms with Gasteiger partial charge >= 0.3 is 0 Å². The molecule has 0 aromatic heterocycles. The normalized spacial score (nSPS) is 12.7. The minimum absolute atomic E-state index is 0. The summed E-state index contributed by atoms with van der Waals surface area (Å²) >= 11 is 5.97. The number of aryl methyl sites for hydroxylation is 1. The van der Waals surface area contributed by atoms with Crippen molar-refractivity contribution in [2.45, 2.75) is 24.8 Å².